The SMILES string of the molecule is O=C(c1ccc(Cl)cn1)N1CCCN(CC2CCOC2)CC1. The summed E-state index contributed by atoms with van der Waals surface area (Å²) in [6, 6.07) is 3.41. The molecule has 3 heterocycles. The summed E-state index contributed by atoms with van der Waals surface area (Å²) in [7, 11) is 0. The lowest BCUT2D eigenvalue weighted by atomic mass is 10.1. The van der Waals surface area contributed by atoms with Gasteiger partial charge in [0.25, 0.3) is 5.91 Å². The molecule has 3 rings (SSSR count). The number of hydrogen-bond donors (Lipinski definition) is 0. The fourth-order valence-electron chi connectivity index (χ4n) is 3.11. The fourth-order valence-corrected chi connectivity index (χ4v) is 3.23. The number of carbonyl (C=O) groups is 1. The molecular weight excluding hydrogens is 302 g/mol. The van der Waals surface area contributed by atoms with E-state index in [1.807, 2.05) is 4.90 Å². The summed E-state index contributed by atoms with van der Waals surface area (Å²) >= 11 is 5.82. The van der Waals surface area contributed by atoms with Crippen molar-refractivity contribution in [2.45, 2.75) is 12.8 Å². The predicted molar refractivity (Wildman–Crippen MR) is 85.1 cm³/mol. The summed E-state index contributed by atoms with van der Waals surface area (Å²) < 4.78 is 5.45. The number of carbonyl (C=O) groups excluding carboxylic acids is 1. The molecule has 0 aliphatic carbocycles. The van der Waals surface area contributed by atoms with Crippen LogP contribution in [-0.2, 0) is 4.74 Å². The van der Waals surface area contributed by atoms with Gasteiger partial charge in [0.15, 0.2) is 0 Å². The van der Waals surface area contributed by atoms with Gasteiger partial charge in [-0.25, -0.2) is 4.98 Å². The highest BCUT2D eigenvalue weighted by molar-refractivity contribution is 6.30. The molecule has 0 radical (unpaired) electrons. The van der Waals surface area contributed by atoms with Crippen molar-refractivity contribution in [1.29, 1.82) is 0 Å². The quantitative estimate of drug-likeness (QED) is 0.852. The maximum atomic E-state index is 12.5. The van der Waals surface area contributed by atoms with Gasteiger partial charge in [0, 0.05) is 39.0 Å². The molecule has 1 unspecified atom stereocenters. The summed E-state index contributed by atoms with van der Waals surface area (Å²) in [6.45, 7) is 6.39. The molecule has 1 amide bonds. The number of hydrogen-bond acceptors (Lipinski definition) is 4. The molecule has 120 valence electrons. The van der Waals surface area contributed by atoms with E-state index in [1.54, 1.807) is 12.1 Å². The molecule has 2 aliphatic heterocycles. The first kappa shape index (κ1) is 15.7. The Morgan fingerprint density at radius 1 is 1.32 bits per heavy atom. The molecule has 1 aromatic heterocycles. The fraction of sp³-hybridized carbons (Fsp3) is 0.625. The van der Waals surface area contributed by atoms with Gasteiger partial charge in [0.2, 0.25) is 0 Å². The van der Waals surface area contributed by atoms with Crippen molar-refractivity contribution in [2.24, 2.45) is 5.92 Å². The smallest absolute Gasteiger partial charge is 0.272 e. The molecule has 0 spiro atoms. The lowest BCUT2D eigenvalue weighted by Gasteiger charge is -2.23. The average Bonchev–Trinajstić information content (AvgIpc) is 2.92. The standard InChI is InChI=1S/C16H22ClN3O2/c17-14-2-3-15(18-10-14)16(21)20-6-1-5-19(7-8-20)11-13-4-9-22-12-13/h2-3,10,13H,1,4-9,11-12H2. The Hall–Kier alpha value is -1.17. The Labute approximate surface area is 136 Å². The number of pyridine rings is 1. The maximum Gasteiger partial charge on any atom is 0.272 e. The summed E-state index contributed by atoms with van der Waals surface area (Å²) in [6.07, 6.45) is 3.69. The first-order valence-corrected chi connectivity index (χ1v) is 8.31. The van der Waals surface area contributed by atoms with Gasteiger partial charge in [-0.1, -0.05) is 11.6 Å². The Bertz CT molecular complexity index is 503. The third-order valence-corrected chi connectivity index (χ3v) is 4.59. The number of nitrogens with zero attached hydrogens (tertiary/aromatic N) is 3. The van der Waals surface area contributed by atoms with Crippen molar-refractivity contribution >= 4 is 17.5 Å². The highest BCUT2D eigenvalue weighted by atomic mass is 35.5. The number of amides is 1. The van der Waals surface area contributed by atoms with E-state index in [2.05, 4.69) is 9.88 Å². The second-order valence-corrected chi connectivity index (χ2v) is 6.47. The number of halogens is 1. The van der Waals surface area contributed by atoms with Crippen molar-refractivity contribution in [2.75, 3.05) is 45.9 Å². The largest absolute Gasteiger partial charge is 0.381 e. The molecule has 22 heavy (non-hydrogen) atoms. The van der Waals surface area contributed by atoms with Crippen LogP contribution < -0.4 is 0 Å². The molecule has 0 N–H and O–H groups in total. The van der Waals surface area contributed by atoms with Crippen LogP contribution in [0.25, 0.3) is 0 Å². The molecule has 6 heteroatoms. The average molecular weight is 324 g/mol. The third kappa shape index (κ3) is 3.97. The molecule has 2 aliphatic rings. The normalized spacial score (nSPS) is 23.5. The Morgan fingerprint density at radius 2 is 2.23 bits per heavy atom. The molecule has 1 aromatic rings. The molecule has 0 saturated carbocycles. The topological polar surface area (TPSA) is 45.7 Å². The lowest BCUT2D eigenvalue weighted by molar-refractivity contribution is 0.0754. The van der Waals surface area contributed by atoms with Crippen molar-refractivity contribution < 1.29 is 9.53 Å². The maximum absolute atomic E-state index is 12.5. The van der Waals surface area contributed by atoms with Crippen LogP contribution in [0.3, 0.4) is 0 Å². The van der Waals surface area contributed by atoms with Gasteiger partial charge in [-0.2, -0.15) is 0 Å². The van der Waals surface area contributed by atoms with Gasteiger partial charge in [0.05, 0.1) is 11.6 Å². The highest BCUT2D eigenvalue weighted by Crippen LogP contribution is 2.16. The zero-order valence-corrected chi connectivity index (χ0v) is 13.5. The van der Waals surface area contributed by atoms with Gasteiger partial charge in [0.1, 0.15) is 5.69 Å². The van der Waals surface area contributed by atoms with Gasteiger partial charge in [-0.15, -0.1) is 0 Å². The van der Waals surface area contributed by atoms with Gasteiger partial charge < -0.3 is 14.5 Å². The molecule has 0 aromatic carbocycles. The predicted octanol–water partition coefficient (Wildman–Crippen LogP) is 1.92. The number of aromatic nitrogens is 1. The van der Waals surface area contributed by atoms with Crippen LogP contribution in [0.5, 0.6) is 0 Å². The summed E-state index contributed by atoms with van der Waals surface area (Å²) in [5.74, 6) is 0.655. The van der Waals surface area contributed by atoms with E-state index >= 15 is 0 Å². The Morgan fingerprint density at radius 3 is 2.95 bits per heavy atom. The zero-order valence-electron chi connectivity index (χ0n) is 12.7. The Balaban J connectivity index is 1.55. The minimum atomic E-state index is 0.00252. The summed E-state index contributed by atoms with van der Waals surface area (Å²) in [4.78, 5) is 21.0. The van der Waals surface area contributed by atoms with Crippen LogP contribution in [0.4, 0.5) is 0 Å². The first-order chi connectivity index (χ1) is 10.7. The van der Waals surface area contributed by atoms with Crippen molar-refractivity contribution in [1.82, 2.24) is 14.8 Å². The van der Waals surface area contributed by atoms with Gasteiger partial charge >= 0.3 is 0 Å². The molecule has 2 saturated heterocycles. The Kier molecular flexibility index (Phi) is 5.28. The molecule has 0 bridgehead atoms. The van der Waals surface area contributed by atoms with E-state index in [0.29, 0.717) is 16.6 Å². The minimum Gasteiger partial charge on any atom is -0.381 e. The highest BCUT2D eigenvalue weighted by Gasteiger charge is 2.24. The number of ether oxygens (including phenoxy) is 1. The minimum absolute atomic E-state index is 0.00252. The second-order valence-electron chi connectivity index (χ2n) is 6.04. The summed E-state index contributed by atoms with van der Waals surface area (Å²) in [5, 5.41) is 0.553. The van der Waals surface area contributed by atoms with Crippen molar-refractivity contribution in [3.63, 3.8) is 0 Å². The van der Waals surface area contributed by atoms with E-state index in [9.17, 15) is 4.79 Å². The summed E-state index contributed by atoms with van der Waals surface area (Å²) in [5.41, 5.74) is 0.474. The van der Waals surface area contributed by atoms with Gasteiger partial charge in [-0.3, -0.25) is 4.79 Å². The number of rotatable bonds is 3. The van der Waals surface area contributed by atoms with Crippen molar-refractivity contribution in [3.05, 3.63) is 29.0 Å². The van der Waals surface area contributed by atoms with Crippen LogP contribution >= 0.6 is 11.6 Å². The van der Waals surface area contributed by atoms with E-state index in [0.717, 1.165) is 58.8 Å². The third-order valence-electron chi connectivity index (χ3n) is 4.36. The van der Waals surface area contributed by atoms with E-state index in [-0.39, 0.29) is 5.91 Å². The van der Waals surface area contributed by atoms with Crippen LogP contribution in [0.15, 0.2) is 18.3 Å². The van der Waals surface area contributed by atoms with Crippen LogP contribution in [0.1, 0.15) is 23.3 Å². The van der Waals surface area contributed by atoms with Gasteiger partial charge in [-0.05, 0) is 37.4 Å². The molecule has 1 atom stereocenters. The second kappa shape index (κ2) is 7.40. The van der Waals surface area contributed by atoms with E-state index in [1.165, 1.54) is 6.20 Å². The molecular formula is C16H22ClN3O2. The zero-order chi connectivity index (χ0) is 15.4. The van der Waals surface area contributed by atoms with E-state index in [4.69, 9.17) is 16.3 Å². The van der Waals surface area contributed by atoms with Crippen LogP contribution in [0, 0.1) is 5.92 Å². The van der Waals surface area contributed by atoms with Crippen LogP contribution in [0.2, 0.25) is 5.02 Å². The monoisotopic (exact) mass is 323 g/mol. The van der Waals surface area contributed by atoms with Crippen LogP contribution in [-0.4, -0.2) is 66.6 Å². The molecule has 5 nitrogen and oxygen atoms in total. The van der Waals surface area contributed by atoms with E-state index < -0.39 is 0 Å². The first-order valence-electron chi connectivity index (χ1n) is 7.93. The molecule has 2 fully saturated rings. The van der Waals surface area contributed by atoms with Crippen molar-refractivity contribution in [3.8, 4) is 0 Å². The lowest BCUT2D eigenvalue weighted by Crippen LogP contribution is -2.37.